The molecule has 3 aromatic heterocycles. The van der Waals surface area contributed by atoms with Crippen LogP contribution in [0.5, 0.6) is 0 Å². The summed E-state index contributed by atoms with van der Waals surface area (Å²) in [5.41, 5.74) is 20.2. The van der Waals surface area contributed by atoms with Gasteiger partial charge in [-0.25, -0.2) is 0 Å². The first kappa shape index (κ1) is 37.7. The Bertz CT molecular complexity index is 4130. The first-order chi connectivity index (χ1) is 32.9. The van der Waals surface area contributed by atoms with Gasteiger partial charge in [0, 0.05) is 49.1 Å². The van der Waals surface area contributed by atoms with Crippen LogP contribution in [-0.4, -0.2) is 4.57 Å². The summed E-state index contributed by atoms with van der Waals surface area (Å²) in [5.74, 6) is 0. The van der Waals surface area contributed by atoms with Gasteiger partial charge in [0.25, 0.3) is 0 Å². The number of hydrogen-bond acceptors (Lipinski definition) is 3. The molecular weight excluding hydrogens is 817 g/mol. The molecule has 0 saturated heterocycles. The third kappa shape index (κ3) is 5.73. The Morgan fingerprint density at radius 3 is 1.43 bits per heavy atom. The summed E-state index contributed by atoms with van der Waals surface area (Å²) in [7, 11) is 0. The van der Waals surface area contributed by atoms with E-state index in [1.165, 1.54) is 77.7 Å². The lowest BCUT2D eigenvalue weighted by Gasteiger charge is -2.42. The topological polar surface area (TPSA) is 34.5 Å². The van der Waals surface area contributed by atoms with E-state index in [0.717, 1.165) is 55.3 Å². The average Bonchev–Trinajstić information content (AvgIpc) is 4.05. The first-order valence-corrected chi connectivity index (χ1v) is 23.1. The van der Waals surface area contributed by atoms with Crippen LogP contribution in [0.2, 0.25) is 0 Å². The lowest BCUT2D eigenvalue weighted by molar-refractivity contribution is 0.632. The Morgan fingerprint density at radius 2 is 0.761 bits per heavy atom. The van der Waals surface area contributed by atoms with E-state index in [1.54, 1.807) is 0 Å². The fraction of sp³-hybridized carbons (Fsp3) is 0.0476. The number of hydrogen-bond donors (Lipinski definition) is 0. The van der Waals surface area contributed by atoms with Crippen molar-refractivity contribution in [2.24, 2.45) is 0 Å². The molecule has 4 heterocycles. The van der Waals surface area contributed by atoms with E-state index in [2.05, 4.69) is 217 Å². The van der Waals surface area contributed by atoms with Gasteiger partial charge in [0.1, 0.15) is 22.3 Å². The summed E-state index contributed by atoms with van der Waals surface area (Å²) in [4.78, 5) is 2.44. The van der Waals surface area contributed by atoms with Crippen LogP contribution in [0.1, 0.15) is 25.0 Å². The molecule has 1 aliphatic rings. The molecule has 4 nitrogen and oxygen atoms in total. The highest BCUT2D eigenvalue weighted by atomic mass is 16.3. The molecule has 67 heavy (non-hydrogen) atoms. The second kappa shape index (κ2) is 14.2. The third-order valence-electron chi connectivity index (χ3n) is 14.4. The van der Waals surface area contributed by atoms with E-state index >= 15 is 0 Å². The monoisotopic (exact) mass is 858 g/mol. The molecule has 13 aromatic rings. The van der Waals surface area contributed by atoms with Gasteiger partial charge in [0.05, 0.1) is 22.4 Å². The van der Waals surface area contributed by atoms with Crippen LogP contribution in [0, 0.1) is 0 Å². The number of anilines is 3. The van der Waals surface area contributed by atoms with Crippen molar-refractivity contribution >= 4 is 82.7 Å². The van der Waals surface area contributed by atoms with E-state index in [-0.39, 0.29) is 5.41 Å². The number of benzene rings is 10. The van der Waals surface area contributed by atoms with Gasteiger partial charge in [-0.15, -0.1) is 0 Å². The van der Waals surface area contributed by atoms with E-state index in [9.17, 15) is 0 Å². The van der Waals surface area contributed by atoms with Crippen LogP contribution in [0.15, 0.2) is 227 Å². The van der Waals surface area contributed by atoms with Crippen molar-refractivity contribution < 1.29 is 8.83 Å². The van der Waals surface area contributed by atoms with Gasteiger partial charge in [-0.2, -0.15) is 0 Å². The van der Waals surface area contributed by atoms with Crippen LogP contribution in [0.25, 0.3) is 105 Å². The molecule has 0 saturated carbocycles. The number of fused-ring (bicyclic) bond motifs is 11. The highest BCUT2D eigenvalue weighted by molar-refractivity contribution is 6.11. The third-order valence-corrected chi connectivity index (χ3v) is 14.4. The molecule has 14 rings (SSSR count). The molecular formula is C63H42N2O2. The Morgan fingerprint density at radius 1 is 0.313 bits per heavy atom. The summed E-state index contributed by atoms with van der Waals surface area (Å²) in [6.07, 6.45) is 0. The maximum absolute atomic E-state index is 6.14. The molecule has 316 valence electrons. The normalized spacial score (nSPS) is 13.3. The molecule has 0 bridgehead atoms. The predicted molar refractivity (Wildman–Crippen MR) is 278 cm³/mol. The number of nitrogens with zero attached hydrogens (tertiary/aromatic N) is 2. The lowest BCUT2D eigenvalue weighted by Crippen LogP contribution is -2.30. The zero-order valence-electron chi connectivity index (χ0n) is 37.0. The van der Waals surface area contributed by atoms with Gasteiger partial charge in [-0.05, 0) is 142 Å². The Balaban J connectivity index is 0.828. The van der Waals surface area contributed by atoms with Crippen molar-refractivity contribution in [1.29, 1.82) is 0 Å². The molecule has 0 amide bonds. The highest BCUT2D eigenvalue weighted by Gasteiger charge is 2.37. The van der Waals surface area contributed by atoms with Crippen LogP contribution in [-0.2, 0) is 5.41 Å². The second-order valence-corrected chi connectivity index (χ2v) is 18.5. The Hall–Kier alpha value is -8.60. The predicted octanol–water partition coefficient (Wildman–Crippen LogP) is 17.7. The highest BCUT2D eigenvalue weighted by Crippen LogP contribution is 2.53. The first-order valence-electron chi connectivity index (χ1n) is 23.1. The number of aromatic nitrogens is 1. The van der Waals surface area contributed by atoms with Gasteiger partial charge >= 0.3 is 0 Å². The molecule has 0 N–H and O–H groups in total. The minimum atomic E-state index is -0.231. The van der Waals surface area contributed by atoms with Gasteiger partial charge in [-0.3, -0.25) is 0 Å². The van der Waals surface area contributed by atoms with Crippen molar-refractivity contribution in [3.8, 4) is 39.1 Å². The molecule has 0 fully saturated rings. The standard InChI is InChI=1S/C63H42N2O2/c1-63(2)53-14-6-8-16-57(53)65(46-29-21-40(22-30-46)42-26-34-62-52(37-42)49-13-5-10-18-60(49)67-62)58-32-24-44(38-54(58)63)43-23-31-56-50(35-43)47-11-3-7-15-55(47)64(56)45-27-19-39(20-28-45)41-25-33-61-51(36-41)48-12-4-9-17-59(48)66-61/h3-38H,1-2H3. The summed E-state index contributed by atoms with van der Waals surface area (Å²) in [6, 6.07) is 79.2. The molecule has 10 aromatic carbocycles. The SMILES string of the molecule is CC1(C)c2ccccc2N(c2ccc(-c3ccc4oc5ccccc5c4c3)cc2)c2ccc(-c3ccc4c(c3)c3ccccc3n4-c3ccc(-c4ccc5oc6ccccc6c5c4)cc3)cc21. The summed E-state index contributed by atoms with van der Waals surface area (Å²) in [5, 5.41) is 7.03. The lowest BCUT2D eigenvalue weighted by atomic mass is 9.73. The van der Waals surface area contributed by atoms with Crippen molar-refractivity contribution in [1.82, 2.24) is 4.57 Å². The molecule has 0 aliphatic carbocycles. The molecule has 0 unspecified atom stereocenters. The van der Waals surface area contributed by atoms with Crippen molar-refractivity contribution in [3.63, 3.8) is 0 Å². The largest absolute Gasteiger partial charge is 0.456 e. The van der Waals surface area contributed by atoms with Crippen LogP contribution in [0.3, 0.4) is 0 Å². The number of para-hydroxylation sites is 4. The van der Waals surface area contributed by atoms with E-state index in [1.807, 2.05) is 24.3 Å². The zero-order chi connectivity index (χ0) is 44.4. The number of rotatable bonds is 5. The maximum atomic E-state index is 6.14. The van der Waals surface area contributed by atoms with Crippen molar-refractivity contribution in [3.05, 3.63) is 230 Å². The van der Waals surface area contributed by atoms with Gasteiger partial charge in [-0.1, -0.05) is 135 Å². The van der Waals surface area contributed by atoms with Crippen LogP contribution in [0.4, 0.5) is 17.1 Å². The molecule has 0 spiro atoms. The minimum absolute atomic E-state index is 0.231. The van der Waals surface area contributed by atoms with Gasteiger partial charge < -0.3 is 18.3 Å². The van der Waals surface area contributed by atoms with E-state index in [4.69, 9.17) is 8.83 Å². The summed E-state index contributed by atoms with van der Waals surface area (Å²) < 4.78 is 14.7. The van der Waals surface area contributed by atoms with Crippen molar-refractivity contribution in [2.75, 3.05) is 4.90 Å². The average molecular weight is 859 g/mol. The summed E-state index contributed by atoms with van der Waals surface area (Å²) >= 11 is 0. The molecule has 0 atom stereocenters. The Kier molecular flexibility index (Phi) is 8.00. The van der Waals surface area contributed by atoms with Gasteiger partial charge in [0.15, 0.2) is 0 Å². The Labute approximate surface area is 387 Å². The fourth-order valence-corrected chi connectivity index (χ4v) is 11.0. The van der Waals surface area contributed by atoms with Crippen molar-refractivity contribution in [2.45, 2.75) is 19.3 Å². The smallest absolute Gasteiger partial charge is 0.135 e. The van der Waals surface area contributed by atoms with E-state index in [0.29, 0.717) is 0 Å². The minimum Gasteiger partial charge on any atom is -0.456 e. The van der Waals surface area contributed by atoms with E-state index < -0.39 is 0 Å². The molecule has 4 heteroatoms. The quantitative estimate of drug-likeness (QED) is 0.173. The van der Waals surface area contributed by atoms with Gasteiger partial charge in [0.2, 0.25) is 0 Å². The number of furan rings is 2. The summed E-state index contributed by atoms with van der Waals surface area (Å²) in [6.45, 7) is 4.73. The molecule has 0 radical (unpaired) electrons. The second-order valence-electron chi connectivity index (χ2n) is 18.5. The zero-order valence-corrected chi connectivity index (χ0v) is 37.0. The van der Waals surface area contributed by atoms with Crippen LogP contribution >= 0.6 is 0 Å². The van der Waals surface area contributed by atoms with Crippen LogP contribution < -0.4 is 4.90 Å². The maximum Gasteiger partial charge on any atom is 0.135 e. The molecule has 1 aliphatic heterocycles. The fourth-order valence-electron chi connectivity index (χ4n) is 11.0.